The molecule has 82 valence electrons. The fourth-order valence-corrected chi connectivity index (χ4v) is 2.55. The molecule has 0 amide bonds. The Morgan fingerprint density at radius 1 is 1.67 bits per heavy atom. The summed E-state index contributed by atoms with van der Waals surface area (Å²) in [4.78, 5) is 4.03. The van der Waals surface area contributed by atoms with Gasteiger partial charge in [-0.1, -0.05) is 6.07 Å². The van der Waals surface area contributed by atoms with E-state index in [9.17, 15) is 5.11 Å². The summed E-state index contributed by atoms with van der Waals surface area (Å²) in [5.41, 5.74) is 1.06. The quantitative estimate of drug-likeness (QED) is 0.837. The number of aromatic nitrogens is 1. The average molecular weight is 225 g/mol. The van der Waals surface area contributed by atoms with Gasteiger partial charge in [0.05, 0.1) is 18.8 Å². The predicted octanol–water partition coefficient (Wildman–Crippen LogP) is 1.12. The van der Waals surface area contributed by atoms with E-state index in [1.807, 2.05) is 23.9 Å². The number of thioether (sulfide) groups is 1. The second-order valence-electron chi connectivity index (χ2n) is 3.62. The van der Waals surface area contributed by atoms with Gasteiger partial charge in [-0.25, -0.2) is 0 Å². The molecule has 0 spiro atoms. The molecule has 1 saturated heterocycles. The number of aliphatic hydroxyl groups excluding tert-OH is 1. The molecule has 1 fully saturated rings. The van der Waals surface area contributed by atoms with Crippen LogP contribution in [0.5, 0.6) is 0 Å². The molecule has 1 aromatic heterocycles. The van der Waals surface area contributed by atoms with E-state index in [4.69, 9.17) is 4.74 Å². The lowest BCUT2D eigenvalue weighted by Crippen LogP contribution is -2.36. The second kappa shape index (κ2) is 5.49. The van der Waals surface area contributed by atoms with E-state index in [1.54, 1.807) is 12.4 Å². The maximum absolute atomic E-state index is 9.96. The number of hydrogen-bond donors (Lipinski definition) is 1. The Balaban J connectivity index is 1.88. The van der Waals surface area contributed by atoms with Crippen LogP contribution in [-0.4, -0.2) is 40.4 Å². The highest BCUT2D eigenvalue weighted by molar-refractivity contribution is 7.99. The number of aliphatic hydroxyl groups is 1. The first kappa shape index (κ1) is 10.9. The molecule has 1 aliphatic heterocycles. The van der Waals surface area contributed by atoms with Crippen LogP contribution in [0.4, 0.5) is 0 Å². The Labute approximate surface area is 93.9 Å². The summed E-state index contributed by atoms with van der Waals surface area (Å²) in [5, 5.41) is 9.96. The van der Waals surface area contributed by atoms with Crippen molar-refractivity contribution in [1.82, 2.24) is 4.98 Å². The van der Waals surface area contributed by atoms with E-state index < -0.39 is 6.10 Å². The lowest BCUT2D eigenvalue weighted by atomic mass is 10.1. The van der Waals surface area contributed by atoms with Crippen LogP contribution in [0.15, 0.2) is 24.5 Å². The van der Waals surface area contributed by atoms with Crippen molar-refractivity contribution in [1.29, 1.82) is 0 Å². The molecule has 0 aliphatic carbocycles. The largest absolute Gasteiger partial charge is 0.390 e. The van der Waals surface area contributed by atoms with Crippen LogP contribution in [0, 0.1) is 0 Å². The zero-order chi connectivity index (χ0) is 10.5. The third-order valence-corrected chi connectivity index (χ3v) is 3.46. The topological polar surface area (TPSA) is 42.4 Å². The number of pyridine rings is 1. The van der Waals surface area contributed by atoms with Gasteiger partial charge in [-0.2, -0.15) is 11.8 Å². The summed E-state index contributed by atoms with van der Waals surface area (Å²) < 4.78 is 5.52. The Morgan fingerprint density at radius 2 is 2.60 bits per heavy atom. The van der Waals surface area contributed by atoms with Crippen LogP contribution in [0.3, 0.4) is 0 Å². The second-order valence-corrected chi connectivity index (χ2v) is 4.77. The number of hydrogen-bond acceptors (Lipinski definition) is 4. The third kappa shape index (κ3) is 3.19. The molecule has 4 heteroatoms. The molecule has 2 atom stereocenters. The van der Waals surface area contributed by atoms with E-state index in [0.29, 0.717) is 6.42 Å². The summed E-state index contributed by atoms with van der Waals surface area (Å²) >= 11 is 1.84. The van der Waals surface area contributed by atoms with Crippen LogP contribution >= 0.6 is 11.8 Å². The predicted molar refractivity (Wildman–Crippen MR) is 61.0 cm³/mol. The average Bonchev–Trinajstić information content (AvgIpc) is 2.31. The molecule has 2 unspecified atom stereocenters. The highest BCUT2D eigenvalue weighted by atomic mass is 32.2. The van der Waals surface area contributed by atoms with Gasteiger partial charge in [0.15, 0.2) is 0 Å². The van der Waals surface area contributed by atoms with Gasteiger partial charge in [0.1, 0.15) is 0 Å². The van der Waals surface area contributed by atoms with E-state index in [2.05, 4.69) is 4.98 Å². The molecule has 0 saturated carbocycles. The zero-order valence-electron chi connectivity index (χ0n) is 8.50. The molecule has 1 aromatic rings. The van der Waals surface area contributed by atoms with Crippen molar-refractivity contribution in [3.63, 3.8) is 0 Å². The van der Waals surface area contributed by atoms with Crippen LogP contribution in [0.1, 0.15) is 5.56 Å². The van der Waals surface area contributed by atoms with E-state index >= 15 is 0 Å². The first-order valence-corrected chi connectivity index (χ1v) is 6.28. The molecule has 0 radical (unpaired) electrons. The fourth-order valence-electron chi connectivity index (χ4n) is 1.62. The Hall–Kier alpha value is -0.580. The van der Waals surface area contributed by atoms with Gasteiger partial charge in [-0.3, -0.25) is 4.98 Å². The number of rotatable bonds is 3. The van der Waals surface area contributed by atoms with E-state index in [1.165, 1.54) is 0 Å². The van der Waals surface area contributed by atoms with Gasteiger partial charge in [-0.05, 0) is 11.6 Å². The minimum absolute atomic E-state index is 0.0241. The van der Waals surface area contributed by atoms with Crippen molar-refractivity contribution >= 4 is 11.8 Å². The molecule has 0 bridgehead atoms. The summed E-state index contributed by atoms with van der Waals surface area (Å²) in [6.07, 6.45) is 3.71. The lowest BCUT2D eigenvalue weighted by Gasteiger charge is -2.26. The molecular formula is C11H15NO2S. The highest BCUT2D eigenvalue weighted by Crippen LogP contribution is 2.17. The Bertz CT molecular complexity index is 288. The van der Waals surface area contributed by atoms with Gasteiger partial charge in [0.25, 0.3) is 0 Å². The molecular weight excluding hydrogens is 210 g/mol. The van der Waals surface area contributed by atoms with Crippen molar-refractivity contribution in [3.8, 4) is 0 Å². The molecule has 1 aliphatic rings. The van der Waals surface area contributed by atoms with Crippen LogP contribution in [0.2, 0.25) is 0 Å². The maximum atomic E-state index is 9.96. The van der Waals surface area contributed by atoms with Crippen LogP contribution in [0.25, 0.3) is 0 Å². The fraction of sp³-hybridized carbons (Fsp3) is 0.545. The normalized spacial score (nSPS) is 23.7. The summed E-state index contributed by atoms with van der Waals surface area (Å²) in [6, 6.07) is 3.87. The maximum Gasteiger partial charge on any atom is 0.0927 e. The number of ether oxygens (including phenoxy) is 1. The zero-order valence-corrected chi connectivity index (χ0v) is 9.32. The molecule has 0 aromatic carbocycles. The smallest absolute Gasteiger partial charge is 0.0927 e. The first-order valence-electron chi connectivity index (χ1n) is 5.12. The highest BCUT2D eigenvalue weighted by Gasteiger charge is 2.22. The summed E-state index contributed by atoms with van der Waals surface area (Å²) in [6.45, 7) is 0.749. The van der Waals surface area contributed by atoms with E-state index in [0.717, 1.165) is 23.7 Å². The molecule has 15 heavy (non-hydrogen) atoms. The molecule has 2 heterocycles. The standard InChI is InChI=1S/C11H15NO2S/c13-10(11-8-15-5-4-14-11)6-9-2-1-3-12-7-9/h1-3,7,10-11,13H,4-6,8H2. The van der Waals surface area contributed by atoms with Crippen LogP contribution in [-0.2, 0) is 11.2 Å². The van der Waals surface area contributed by atoms with Gasteiger partial charge >= 0.3 is 0 Å². The van der Waals surface area contributed by atoms with Crippen molar-refractivity contribution in [3.05, 3.63) is 30.1 Å². The molecule has 3 nitrogen and oxygen atoms in total. The van der Waals surface area contributed by atoms with Crippen molar-refractivity contribution in [2.45, 2.75) is 18.6 Å². The van der Waals surface area contributed by atoms with Crippen molar-refractivity contribution in [2.24, 2.45) is 0 Å². The minimum atomic E-state index is -0.415. The van der Waals surface area contributed by atoms with Crippen LogP contribution < -0.4 is 0 Å². The summed E-state index contributed by atoms with van der Waals surface area (Å²) in [7, 11) is 0. The Kier molecular flexibility index (Phi) is 4.00. The summed E-state index contributed by atoms with van der Waals surface area (Å²) in [5.74, 6) is 1.93. The third-order valence-electron chi connectivity index (χ3n) is 2.44. The van der Waals surface area contributed by atoms with Gasteiger partial charge in [0, 0.05) is 30.3 Å². The lowest BCUT2D eigenvalue weighted by molar-refractivity contribution is -0.0208. The SMILES string of the molecule is OC(Cc1cccnc1)C1CSCCO1. The van der Waals surface area contributed by atoms with Crippen molar-refractivity contribution < 1.29 is 9.84 Å². The van der Waals surface area contributed by atoms with Gasteiger partial charge in [0.2, 0.25) is 0 Å². The van der Waals surface area contributed by atoms with Crippen molar-refractivity contribution in [2.75, 3.05) is 18.1 Å². The minimum Gasteiger partial charge on any atom is -0.390 e. The Morgan fingerprint density at radius 3 is 3.27 bits per heavy atom. The van der Waals surface area contributed by atoms with E-state index in [-0.39, 0.29) is 6.10 Å². The molecule has 2 rings (SSSR count). The first-order chi connectivity index (χ1) is 7.36. The molecule has 1 N–H and O–H groups in total. The van der Waals surface area contributed by atoms with Gasteiger partial charge in [-0.15, -0.1) is 0 Å². The van der Waals surface area contributed by atoms with Gasteiger partial charge < -0.3 is 9.84 Å². The monoisotopic (exact) mass is 225 g/mol. The number of nitrogens with zero attached hydrogens (tertiary/aromatic N) is 1.